The van der Waals surface area contributed by atoms with Crippen LogP contribution in [0.3, 0.4) is 0 Å². The standard InChI is InChI=1S/C15H29NO/c1-4-16(12-7-5-6-8-12)14-11-13(17)9-10-15(14,2)3/h12-14,17H,4-11H2,1-3H3. The van der Waals surface area contributed by atoms with Gasteiger partial charge in [0.25, 0.3) is 0 Å². The van der Waals surface area contributed by atoms with Crippen LogP contribution in [0.1, 0.15) is 65.7 Å². The molecule has 17 heavy (non-hydrogen) atoms. The number of aliphatic hydroxyl groups excluding tert-OH is 1. The topological polar surface area (TPSA) is 23.5 Å². The van der Waals surface area contributed by atoms with E-state index < -0.39 is 0 Å². The molecule has 0 aromatic rings. The van der Waals surface area contributed by atoms with Crippen molar-refractivity contribution in [3.8, 4) is 0 Å². The zero-order chi connectivity index (χ0) is 12.5. The summed E-state index contributed by atoms with van der Waals surface area (Å²) in [4.78, 5) is 2.70. The van der Waals surface area contributed by atoms with E-state index in [4.69, 9.17) is 0 Å². The molecule has 0 aliphatic heterocycles. The van der Waals surface area contributed by atoms with Crippen molar-refractivity contribution in [3.05, 3.63) is 0 Å². The predicted molar refractivity (Wildman–Crippen MR) is 72.1 cm³/mol. The van der Waals surface area contributed by atoms with Crippen LogP contribution in [0.5, 0.6) is 0 Å². The Morgan fingerprint density at radius 3 is 2.41 bits per heavy atom. The maximum atomic E-state index is 9.97. The van der Waals surface area contributed by atoms with Crippen molar-refractivity contribution in [2.45, 2.75) is 83.9 Å². The molecule has 2 heteroatoms. The highest BCUT2D eigenvalue weighted by Crippen LogP contribution is 2.41. The van der Waals surface area contributed by atoms with Gasteiger partial charge in [-0.15, -0.1) is 0 Å². The molecule has 0 spiro atoms. The van der Waals surface area contributed by atoms with Crippen molar-refractivity contribution >= 4 is 0 Å². The van der Waals surface area contributed by atoms with Crippen molar-refractivity contribution in [1.29, 1.82) is 0 Å². The van der Waals surface area contributed by atoms with Crippen LogP contribution in [0.4, 0.5) is 0 Å². The van der Waals surface area contributed by atoms with Crippen molar-refractivity contribution in [3.63, 3.8) is 0 Å². The molecular formula is C15H29NO. The molecule has 2 rings (SSSR count). The number of rotatable bonds is 3. The van der Waals surface area contributed by atoms with Gasteiger partial charge in [0.2, 0.25) is 0 Å². The lowest BCUT2D eigenvalue weighted by atomic mass is 9.71. The summed E-state index contributed by atoms with van der Waals surface area (Å²) in [7, 11) is 0. The quantitative estimate of drug-likeness (QED) is 0.817. The third kappa shape index (κ3) is 2.85. The van der Waals surface area contributed by atoms with Gasteiger partial charge in [-0.25, -0.2) is 0 Å². The number of hydrogen-bond acceptors (Lipinski definition) is 2. The molecule has 2 fully saturated rings. The largest absolute Gasteiger partial charge is 0.393 e. The zero-order valence-corrected chi connectivity index (χ0v) is 11.8. The summed E-state index contributed by atoms with van der Waals surface area (Å²) < 4.78 is 0. The Bertz CT molecular complexity index is 245. The van der Waals surface area contributed by atoms with Crippen LogP contribution in [0.25, 0.3) is 0 Å². The number of aliphatic hydroxyl groups is 1. The van der Waals surface area contributed by atoms with Gasteiger partial charge >= 0.3 is 0 Å². The molecule has 2 atom stereocenters. The van der Waals surface area contributed by atoms with E-state index in [0.29, 0.717) is 11.5 Å². The summed E-state index contributed by atoms with van der Waals surface area (Å²) in [6.45, 7) is 8.21. The van der Waals surface area contributed by atoms with E-state index in [-0.39, 0.29) is 6.10 Å². The van der Waals surface area contributed by atoms with Gasteiger partial charge in [-0.1, -0.05) is 33.6 Å². The van der Waals surface area contributed by atoms with E-state index in [1.165, 1.54) is 32.1 Å². The minimum Gasteiger partial charge on any atom is -0.393 e. The lowest BCUT2D eigenvalue weighted by Gasteiger charge is -2.48. The first-order chi connectivity index (χ1) is 8.04. The molecule has 0 amide bonds. The second kappa shape index (κ2) is 5.27. The van der Waals surface area contributed by atoms with Crippen LogP contribution < -0.4 is 0 Å². The highest BCUT2D eigenvalue weighted by molar-refractivity contribution is 4.95. The van der Waals surface area contributed by atoms with E-state index >= 15 is 0 Å². The first-order valence-corrected chi connectivity index (χ1v) is 7.48. The fourth-order valence-corrected chi connectivity index (χ4v) is 3.95. The van der Waals surface area contributed by atoms with Gasteiger partial charge < -0.3 is 5.11 Å². The summed E-state index contributed by atoms with van der Waals surface area (Å²) in [5.74, 6) is 0. The van der Waals surface area contributed by atoms with Crippen LogP contribution in [-0.2, 0) is 0 Å². The minimum absolute atomic E-state index is 0.0662. The highest BCUT2D eigenvalue weighted by atomic mass is 16.3. The van der Waals surface area contributed by atoms with Gasteiger partial charge in [-0.3, -0.25) is 4.90 Å². The summed E-state index contributed by atoms with van der Waals surface area (Å²) in [5.41, 5.74) is 0.373. The molecule has 1 N–H and O–H groups in total. The van der Waals surface area contributed by atoms with Crippen LogP contribution in [0.2, 0.25) is 0 Å². The van der Waals surface area contributed by atoms with Gasteiger partial charge in [0, 0.05) is 12.1 Å². The average molecular weight is 239 g/mol. The fraction of sp³-hybridized carbons (Fsp3) is 1.00. The Kier molecular flexibility index (Phi) is 4.14. The third-order valence-electron chi connectivity index (χ3n) is 5.08. The van der Waals surface area contributed by atoms with E-state index in [1.807, 2.05) is 0 Å². The molecule has 0 aromatic carbocycles. The summed E-state index contributed by atoms with van der Waals surface area (Å²) in [6, 6.07) is 1.37. The fourth-order valence-electron chi connectivity index (χ4n) is 3.95. The van der Waals surface area contributed by atoms with Gasteiger partial charge in [-0.2, -0.15) is 0 Å². The number of nitrogens with zero attached hydrogens (tertiary/aromatic N) is 1. The second-order valence-corrected chi connectivity index (χ2v) is 6.70. The molecule has 2 aliphatic rings. The van der Waals surface area contributed by atoms with Crippen molar-refractivity contribution in [2.24, 2.45) is 5.41 Å². The SMILES string of the molecule is CCN(C1CCCC1)C1CC(O)CCC1(C)C. The monoisotopic (exact) mass is 239 g/mol. The third-order valence-corrected chi connectivity index (χ3v) is 5.08. The maximum Gasteiger partial charge on any atom is 0.0555 e. The Balaban J connectivity index is 2.09. The lowest BCUT2D eigenvalue weighted by Crippen LogP contribution is -2.53. The molecule has 0 radical (unpaired) electrons. The van der Waals surface area contributed by atoms with E-state index in [1.54, 1.807) is 0 Å². The molecular weight excluding hydrogens is 210 g/mol. The van der Waals surface area contributed by atoms with Crippen LogP contribution in [0.15, 0.2) is 0 Å². The molecule has 2 unspecified atom stereocenters. The average Bonchev–Trinajstić information content (AvgIpc) is 2.78. The molecule has 2 nitrogen and oxygen atoms in total. The van der Waals surface area contributed by atoms with Crippen molar-refractivity contribution in [1.82, 2.24) is 4.90 Å². The molecule has 0 aromatic heterocycles. The van der Waals surface area contributed by atoms with E-state index in [2.05, 4.69) is 25.7 Å². The van der Waals surface area contributed by atoms with E-state index in [0.717, 1.165) is 25.4 Å². The maximum absolute atomic E-state index is 9.97. The molecule has 2 saturated carbocycles. The summed E-state index contributed by atoms with van der Waals surface area (Å²) in [6.07, 6.45) is 8.62. The van der Waals surface area contributed by atoms with Gasteiger partial charge in [0.05, 0.1) is 6.10 Å². The molecule has 0 bridgehead atoms. The van der Waals surface area contributed by atoms with Crippen molar-refractivity contribution in [2.75, 3.05) is 6.54 Å². The normalized spacial score (nSPS) is 34.4. The molecule has 0 saturated heterocycles. The molecule has 2 aliphatic carbocycles. The summed E-state index contributed by atoms with van der Waals surface area (Å²) in [5, 5.41) is 9.97. The minimum atomic E-state index is -0.0662. The first-order valence-electron chi connectivity index (χ1n) is 7.48. The predicted octanol–water partition coefficient (Wildman–Crippen LogP) is 3.19. The van der Waals surface area contributed by atoms with Crippen molar-refractivity contribution < 1.29 is 5.11 Å². The van der Waals surface area contributed by atoms with Crippen LogP contribution >= 0.6 is 0 Å². The summed E-state index contributed by atoms with van der Waals surface area (Å²) >= 11 is 0. The number of hydrogen-bond donors (Lipinski definition) is 1. The van der Waals surface area contributed by atoms with E-state index in [9.17, 15) is 5.11 Å². The smallest absolute Gasteiger partial charge is 0.0555 e. The van der Waals surface area contributed by atoms with Gasteiger partial charge in [-0.05, 0) is 44.1 Å². The Morgan fingerprint density at radius 1 is 1.18 bits per heavy atom. The second-order valence-electron chi connectivity index (χ2n) is 6.70. The Labute approximate surface area is 106 Å². The first kappa shape index (κ1) is 13.4. The Hall–Kier alpha value is -0.0800. The zero-order valence-electron chi connectivity index (χ0n) is 11.8. The highest BCUT2D eigenvalue weighted by Gasteiger charge is 2.41. The lowest BCUT2D eigenvalue weighted by molar-refractivity contribution is -0.0263. The molecule has 100 valence electrons. The van der Waals surface area contributed by atoms with Crippen LogP contribution in [-0.4, -0.2) is 34.7 Å². The van der Waals surface area contributed by atoms with Gasteiger partial charge in [0.1, 0.15) is 0 Å². The van der Waals surface area contributed by atoms with Gasteiger partial charge in [0.15, 0.2) is 0 Å². The molecule has 0 heterocycles. The Morgan fingerprint density at radius 2 is 1.82 bits per heavy atom. The van der Waals surface area contributed by atoms with Crippen LogP contribution in [0, 0.1) is 5.41 Å².